The zero-order chi connectivity index (χ0) is 18.4. The van der Waals surface area contributed by atoms with E-state index in [1.165, 1.54) is 23.9 Å². The first-order valence-corrected chi connectivity index (χ1v) is 8.86. The minimum absolute atomic E-state index is 0.0669. The third kappa shape index (κ3) is 5.34. The van der Waals surface area contributed by atoms with E-state index in [4.69, 9.17) is 20.8 Å². The van der Waals surface area contributed by atoms with E-state index < -0.39 is 6.61 Å². The lowest BCUT2D eigenvalue weighted by Crippen LogP contribution is -2.01. The Balaban J connectivity index is 1.49. The Hall–Kier alpha value is -2.32. The average molecular weight is 399 g/mol. The van der Waals surface area contributed by atoms with E-state index in [9.17, 15) is 8.78 Å². The molecular weight excluding hydrogens is 386 g/mol. The summed E-state index contributed by atoms with van der Waals surface area (Å²) in [7, 11) is 0. The van der Waals surface area contributed by atoms with Gasteiger partial charge in [0.15, 0.2) is 0 Å². The number of halogens is 3. The molecular formula is C17H13ClF2N2O3S. The van der Waals surface area contributed by atoms with Gasteiger partial charge < -0.3 is 13.9 Å². The highest BCUT2D eigenvalue weighted by Crippen LogP contribution is 2.25. The predicted octanol–water partition coefficient (Wildman–Crippen LogP) is 5.16. The van der Waals surface area contributed by atoms with Crippen molar-refractivity contribution in [3.05, 3.63) is 53.6 Å². The molecule has 0 aliphatic rings. The summed E-state index contributed by atoms with van der Waals surface area (Å²) in [4.78, 5) is 0. The van der Waals surface area contributed by atoms with Gasteiger partial charge in [0.05, 0.1) is 6.61 Å². The molecule has 0 spiro atoms. The molecule has 0 radical (unpaired) electrons. The molecule has 3 rings (SSSR count). The lowest BCUT2D eigenvalue weighted by Gasteiger charge is -2.04. The van der Waals surface area contributed by atoms with E-state index in [0.717, 1.165) is 5.75 Å². The van der Waals surface area contributed by atoms with Crippen molar-refractivity contribution < 1.29 is 22.7 Å². The van der Waals surface area contributed by atoms with Crippen LogP contribution in [0.15, 0.2) is 58.2 Å². The van der Waals surface area contributed by atoms with Crippen molar-refractivity contribution in [2.75, 3.05) is 12.4 Å². The van der Waals surface area contributed by atoms with Crippen LogP contribution in [-0.4, -0.2) is 29.2 Å². The second kappa shape index (κ2) is 8.86. The molecule has 1 heterocycles. The summed E-state index contributed by atoms with van der Waals surface area (Å²) in [6.07, 6.45) is 0. The van der Waals surface area contributed by atoms with Crippen LogP contribution >= 0.6 is 23.4 Å². The van der Waals surface area contributed by atoms with Crippen LogP contribution in [0.4, 0.5) is 8.78 Å². The first-order valence-electron chi connectivity index (χ1n) is 7.50. The van der Waals surface area contributed by atoms with Crippen molar-refractivity contribution in [2.24, 2.45) is 0 Å². The van der Waals surface area contributed by atoms with Crippen LogP contribution in [-0.2, 0) is 0 Å². The zero-order valence-electron chi connectivity index (χ0n) is 13.3. The largest absolute Gasteiger partial charge is 0.493 e. The van der Waals surface area contributed by atoms with Crippen LogP contribution in [0.5, 0.6) is 11.5 Å². The standard InChI is InChI=1S/C17H13ClF2N2O3S/c18-12-3-7-13(8-4-12)23-9-10-26-17-22-21-15(25-17)11-1-5-14(6-2-11)24-16(19)20/h1-8,16H,9-10H2. The summed E-state index contributed by atoms with van der Waals surface area (Å²) >= 11 is 7.16. The highest BCUT2D eigenvalue weighted by Gasteiger charge is 2.10. The Kier molecular flexibility index (Phi) is 6.30. The van der Waals surface area contributed by atoms with Gasteiger partial charge >= 0.3 is 6.61 Å². The second-order valence-electron chi connectivity index (χ2n) is 4.93. The summed E-state index contributed by atoms with van der Waals surface area (Å²) in [5.41, 5.74) is 0.614. The molecule has 3 aromatic rings. The summed E-state index contributed by atoms with van der Waals surface area (Å²) in [5.74, 6) is 1.71. The quantitative estimate of drug-likeness (QED) is 0.385. The van der Waals surface area contributed by atoms with Crippen molar-refractivity contribution in [1.29, 1.82) is 0 Å². The van der Waals surface area contributed by atoms with E-state index in [2.05, 4.69) is 14.9 Å². The fraction of sp³-hybridized carbons (Fsp3) is 0.176. The van der Waals surface area contributed by atoms with E-state index in [1.807, 2.05) is 0 Å². The molecule has 0 bridgehead atoms. The highest BCUT2D eigenvalue weighted by atomic mass is 35.5. The molecule has 26 heavy (non-hydrogen) atoms. The number of hydrogen-bond donors (Lipinski definition) is 0. The van der Waals surface area contributed by atoms with Crippen molar-refractivity contribution in [3.8, 4) is 23.0 Å². The minimum Gasteiger partial charge on any atom is -0.493 e. The fourth-order valence-electron chi connectivity index (χ4n) is 1.98. The van der Waals surface area contributed by atoms with Crippen molar-refractivity contribution >= 4 is 23.4 Å². The molecule has 5 nitrogen and oxygen atoms in total. The lowest BCUT2D eigenvalue weighted by molar-refractivity contribution is -0.0498. The number of hydrogen-bond acceptors (Lipinski definition) is 6. The smallest absolute Gasteiger partial charge is 0.387 e. The maximum Gasteiger partial charge on any atom is 0.387 e. The number of aromatic nitrogens is 2. The minimum atomic E-state index is -2.86. The van der Waals surface area contributed by atoms with Crippen molar-refractivity contribution in [1.82, 2.24) is 10.2 Å². The Bertz CT molecular complexity index is 829. The molecule has 0 N–H and O–H groups in total. The maximum absolute atomic E-state index is 12.1. The van der Waals surface area contributed by atoms with Gasteiger partial charge in [-0.3, -0.25) is 0 Å². The van der Waals surface area contributed by atoms with E-state index in [0.29, 0.717) is 34.1 Å². The van der Waals surface area contributed by atoms with Crippen LogP contribution in [0, 0.1) is 0 Å². The van der Waals surface area contributed by atoms with Crippen LogP contribution in [0.25, 0.3) is 11.5 Å². The fourth-order valence-corrected chi connectivity index (χ4v) is 2.69. The topological polar surface area (TPSA) is 57.4 Å². The van der Waals surface area contributed by atoms with Crippen LogP contribution in [0.1, 0.15) is 0 Å². The van der Waals surface area contributed by atoms with Crippen LogP contribution < -0.4 is 9.47 Å². The maximum atomic E-state index is 12.1. The number of nitrogens with zero attached hydrogens (tertiary/aromatic N) is 2. The first-order chi connectivity index (χ1) is 12.6. The SMILES string of the molecule is FC(F)Oc1ccc(-c2nnc(SCCOc3ccc(Cl)cc3)o2)cc1. The molecule has 0 fully saturated rings. The van der Waals surface area contributed by atoms with Gasteiger partial charge in [-0.25, -0.2) is 0 Å². The zero-order valence-corrected chi connectivity index (χ0v) is 14.8. The molecule has 0 atom stereocenters. The van der Waals surface area contributed by atoms with Crippen molar-refractivity contribution in [2.45, 2.75) is 11.8 Å². The number of ether oxygens (including phenoxy) is 2. The van der Waals surface area contributed by atoms with Crippen LogP contribution in [0.2, 0.25) is 5.02 Å². The Morgan fingerprint density at radius 2 is 1.69 bits per heavy atom. The normalized spacial score (nSPS) is 10.9. The van der Waals surface area contributed by atoms with Gasteiger partial charge in [-0.2, -0.15) is 8.78 Å². The molecule has 0 saturated heterocycles. The lowest BCUT2D eigenvalue weighted by atomic mass is 10.2. The number of benzene rings is 2. The second-order valence-corrected chi connectivity index (χ2v) is 6.41. The van der Waals surface area contributed by atoms with Gasteiger partial charge in [-0.15, -0.1) is 10.2 Å². The monoisotopic (exact) mass is 398 g/mol. The third-order valence-electron chi connectivity index (χ3n) is 3.12. The molecule has 0 aliphatic heterocycles. The van der Waals surface area contributed by atoms with Crippen LogP contribution in [0.3, 0.4) is 0 Å². The molecule has 2 aromatic carbocycles. The third-order valence-corrected chi connectivity index (χ3v) is 4.16. The molecule has 9 heteroatoms. The van der Waals surface area contributed by atoms with Gasteiger partial charge in [0, 0.05) is 16.3 Å². The summed E-state index contributed by atoms with van der Waals surface area (Å²) in [5, 5.41) is 8.93. The summed E-state index contributed by atoms with van der Waals surface area (Å²) in [6.45, 7) is -2.40. The molecule has 0 saturated carbocycles. The predicted molar refractivity (Wildman–Crippen MR) is 94.0 cm³/mol. The van der Waals surface area contributed by atoms with Gasteiger partial charge in [0.25, 0.3) is 5.22 Å². The number of thioether (sulfide) groups is 1. The molecule has 1 aromatic heterocycles. The molecule has 0 unspecified atom stereocenters. The van der Waals surface area contributed by atoms with Crippen molar-refractivity contribution in [3.63, 3.8) is 0 Å². The number of rotatable bonds is 8. The Labute approximate surface area is 157 Å². The number of alkyl halides is 2. The molecule has 0 amide bonds. The van der Waals surface area contributed by atoms with Gasteiger partial charge in [0.1, 0.15) is 11.5 Å². The van der Waals surface area contributed by atoms with Gasteiger partial charge in [-0.05, 0) is 48.5 Å². The van der Waals surface area contributed by atoms with E-state index in [1.54, 1.807) is 36.4 Å². The Morgan fingerprint density at radius 3 is 2.38 bits per heavy atom. The van der Waals surface area contributed by atoms with E-state index in [-0.39, 0.29) is 5.75 Å². The van der Waals surface area contributed by atoms with E-state index >= 15 is 0 Å². The average Bonchev–Trinajstić information content (AvgIpc) is 3.09. The Morgan fingerprint density at radius 1 is 1.00 bits per heavy atom. The summed E-state index contributed by atoms with van der Waals surface area (Å²) in [6, 6.07) is 13.1. The summed E-state index contributed by atoms with van der Waals surface area (Å²) < 4.78 is 39.7. The molecule has 136 valence electrons. The van der Waals surface area contributed by atoms with Gasteiger partial charge in [0.2, 0.25) is 5.89 Å². The van der Waals surface area contributed by atoms with Gasteiger partial charge in [-0.1, -0.05) is 23.4 Å². The highest BCUT2D eigenvalue weighted by molar-refractivity contribution is 7.99. The first kappa shape index (κ1) is 18.5. The molecule has 0 aliphatic carbocycles.